The first-order chi connectivity index (χ1) is 12.8. The van der Waals surface area contributed by atoms with Crippen LogP contribution >= 0.6 is 0 Å². The predicted molar refractivity (Wildman–Crippen MR) is 108 cm³/mol. The van der Waals surface area contributed by atoms with Crippen LogP contribution in [0.3, 0.4) is 0 Å². The molecule has 1 aliphatic rings. The summed E-state index contributed by atoms with van der Waals surface area (Å²) >= 11 is 0. The molecule has 0 fully saturated rings. The Hall–Kier alpha value is -3.07. The van der Waals surface area contributed by atoms with E-state index in [9.17, 15) is 4.79 Å². The average Bonchev–Trinajstić information content (AvgIpc) is 2.70. The third kappa shape index (κ3) is 3.47. The molecule has 130 valence electrons. The molecule has 3 aromatic rings. The van der Waals surface area contributed by atoms with Gasteiger partial charge in [-0.05, 0) is 35.8 Å². The number of fused-ring (bicyclic) bond motifs is 1. The summed E-state index contributed by atoms with van der Waals surface area (Å²) in [6.07, 6.45) is 4.90. The molecule has 0 atom stereocenters. The zero-order valence-electron chi connectivity index (χ0n) is 14.7. The maximum absolute atomic E-state index is 12.9. The molecule has 1 aromatic heterocycles. The molecule has 0 radical (unpaired) electrons. The van der Waals surface area contributed by atoms with Crippen molar-refractivity contribution in [3.63, 3.8) is 0 Å². The first-order valence-corrected chi connectivity index (χ1v) is 9.07. The molecular weight excluding hydrogens is 320 g/mol. The molecule has 3 heteroatoms. The minimum Gasteiger partial charge on any atom is -0.354 e. The molecule has 2 heterocycles. The number of hydrogen-bond acceptors (Lipinski definition) is 2. The Morgan fingerprint density at radius 3 is 2.31 bits per heavy atom. The summed E-state index contributed by atoms with van der Waals surface area (Å²) in [5.74, 6) is 1.02. The standard InChI is InChI=1S/C23H22N2O/c26-23-21(13-12-19-8-3-1-4-9-19)14-15-22-24(16-7-17-25(22)23)18-20-10-5-2-6-11-20/h1-6,8-15H,7,16-18H2/b13-12+. The fourth-order valence-electron chi connectivity index (χ4n) is 3.45. The number of rotatable bonds is 4. The van der Waals surface area contributed by atoms with Crippen LogP contribution in [0.25, 0.3) is 12.2 Å². The minimum absolute atomic E-state index is 0.0902. The molecule has 0 saturated carbocycles. The van der Waals surface area contributed by atoms with Gasteiger partial charge in [0.15, 0.2) is 0 Å². The molecule has 4 rings (SSSR count). The summed E-state index contributed by atoms with van der Waals surface area (Å²) in [7, 11) is 0. The molecule has 2 aromatic carbocycles. The molecule has 0 spiro atoms. The molecule has 0 amide bonds. The van der Waals surface area contributed by atoms with Gasteiger partial charge in [0.05, 0.1) is 0 Å². The van der Waals surface area contributed by atoms with Gasteiger partial charge in [0, 0.05) is 25.2 Å². The molecule has 0 unspecified atom stereocenters. The maximum Gasteiger partial charge on any atom is 0.259 e. The minimum atomic E-state index is 0.0902. The number of nitrogens with zero attached hydrogens (tertiary/aromatic N) is 2. The molecule has 0 aliphatic carbocycles. The summed E-state index contributed by atoms with van der Waals surface area (Å²) in [4.78, 5) is 15.2. The first-order valence-electron chi connectivity index (χ1n) is 9.07. The van der Waals surface area contributed by atoms with E-state index in [0.29, 0.717) is 0 Å². The molecular formula is C23H22N2O. The quantitative estimate of drug-likeness (QED) is 0.701. The van der Waals surface area contributed by atoms with Gasteiger partial charge in [0.2, 0.25) is 0 Å². The van der Waals surface area contributed by atoms with Crippen molar-refractivity contribution in [1.29, 1.82) is 0 Å². The molecule has 0 bridgehead atoms. The van der Waals surface area contributed by atoms with Crippen molar-refractivity contribution in [2.75, 3.05) is 11.4 Å². The highest BCUT2D eigenvalue weighted by Crippen LogP contribution is 2.22. The van der Waals surface area contributed by atoms with Crippen molar-refractivity contribution in [2.45, 2.75) is 19.5 Å². The van der Waals surface area contributed by atoms with Crippen molar-refractivity contribution in [3.8, 4) is 0 Å². The molecule has 0 saturated heterocycles. The highest BCUT2D eigenvalue weighted by Gasteiger charge is 2.18. The highest BCUT2D eigenvalue weighted by molar-refractivity contribution is 5.69. The Morgan fingerprint density at radius 2 is 1.54 bits per heavy atom. The smallest absolute Gasteiger partial charge is 0.259 e. The lowest BCUT2D eigenvalue weighted by atomic mass is 10.1. The maximum atomic E-state index is 12.9. The van der Waals surface area contributed by atoms with Crippen molar-refractivity contribution >= 4 is 18.0 Å². The van der Waals surface area contributed by atoms with E-state index in [2.05, 4.69) is 35.2 Å². The van der Waals surface area contributed by atoms with Gasteiger partial charge in [-0.25, -0.2) is 0 Å². The van der Waals surface area contributed by atoms with Gasteiger partial charge in [-0.1, -0.05) is 66.7 Å². The Kier molecular flexibility index (Phi) is 4.69. The van der Waals surface area contributed by atoms with Crippen molar-refractivity contribution in [2.24, 2.45) is 0 Å². The van der Waals surface area contributed by atoms with E-state index in [4.69, 9.17) is 0 Å². The van der Waals surface area contributed by atoms with Crippen molar-refractivity contribution in [3.05, 3.63) is 99.8 Å². The van der Waals surface area contributed by atoms with Crippen LogP contribution in [0, 0.1) is 0 Å². The second-order valence-electron chi connectivity index (χ2n) is 6.61. The molecule has 3 nitrogen and oxygen atoms in total. The van der Waals surface area contributed by atoms with Crippen LogP contribution in [0.5, 0.6) is 0 Å². The summed E-state index contributed by atoms with van der Waals surface area (Å²) in [5.41, 5.74) is 3.19. The predicted octanol–water partition coefficient (Wildman–Crippen LogP) is 4.43. The van der Waals surface area contributed by atoms with Crippen LogP contribution in [0.1, 0.15) is 23.1 Å². The Labute approximate surface area is 153 Å². The van der Waals surface area contributed by atoms with E-state index < -0.39 is 0 Å². The van der Waals surface area contributed by atoms with E-state index in [1.54, 1.807) is 0 Å². The summed E-state index contributed by atoms with van der Waals surface area (Å²) < 4.78 is 1.91. The van der Waals surface area contributed by atoms with E-state index in [-0.39, 0.29) is 5.56 Å². The number of hydrogen-bond donors (Lipinski definition) is 0. The van der Waals surface area contributed by atoms with Crippen LogP contribution in [-0.2, 0) is 13.1 Å². The van der Waals surface area contributed by atoms with Gasteiger partial charge in [0.25, 0.3) is 5.56 Å². The summed E-state index contributed by atoms with van der Waals surface area (Å²) in [6, 6.07) is 24.5. The highest BCUT2D eigenvalue weighted by atomic mass is 16.1. The normalized spacial score (nSPS) is 13.8. The van der Waals surface area contributed by atoms with E-state index in [0.717, 1.165) is 43.0 Å². The van der Waals surface area contributed by atoms with Gasteiger partial charge >= 0.3 is 0 Å². The lowest BCUT2D eigenvalue weighted by Crippen LogP contribution is -2.37. The summed E-state index contributed by atoms with van der Waals surface area (Å²) in [5, 5.41) is 0. The van der Waals surface area contributed by atoms with Gasteiger partial charge in [-0.3, -0.25) is 9.36 Å². The number of pyridine rings is 1. The van der Waals surface area contributed by atoms with Crippen LogP contribution in [-0.4, -0.2) is 11.1 Å². The number of benzene rings is 2. The Morgan fingerprint density at radius 1 is 0.808 bits per heavy atom. The van der Waals surface area contributed by atoms with Gasteiger partial charge in [-0.2, -0.15) is 0 Å². The van der Waals surface area contributed by atoms with Crippen LogP contribution in [0.2, 0.25) is 0 Å². The van der Waals surface area contributed by atoms with E-state index in [1.165, 1.54) is 5.56 Å². The van der Waals surface area contributed by atoms with Crippen molar-refractivity contribution < 1.29 is 0 Å². The average molecular weight is 342 g/mol. The van der Waals surface area contributed by atoms with Gasteiger partial charge < -0.3 is 4.90 Å². The third-order valence-electron chi connectivity index (χ3n) is 4.79. The SMILES string of the molecule is O=c1c(/C=C/c2ccccc2)ccc2n1CCCN2Cc1ccccc1. The van der Waals surface area contributed by atoms with Gasteiger partial charge in [-0.15, -0.1) is 0 Å². The third-order valence-corrected chi connectivity index (χ3v) is 4.79. The van der Waals surface area contributed by atoms with Gasteiger partial charge in [0.1, 0.15) is 5.82 Å². The number of anilines is 1. The Balaban J connectivity index is 1.62. The monoisotopic (exact) mass is 342 g/mol. The van der Waals surface area contributed by atoms with Crippen LogP contribution in [0.4, 0.5) is 5.82 Å². The van der Waals surface area contributed by atoms with Crippen molar-refractivity contribution in [1.82, 2.24) is 4.57 Å². The largest absolute Gasteiger partial charge is 0.354 e. The second-order valence-corrected chi connectivity index (χ2v) is 6.61. The number of aromatic nitrogens is 1. The molecule has 1 aliphatic heterocycles. The van der Waals surface area contributed by atoms with E-state index >= 15 is 0 Å². The fraction of sp³-hybridized carbons (Fsp3) is 0.174. The zero-order valence-corrected chi connectivity index (χ0v) is 14.7. The van der Waals surface area contributed by atoms with Crippen LogP contribution in [0.15, 0.2) is 77.6 Å². The topological polar surface area (TPSA) is 25.2 Å². The lowest BCUT2D eigenvalue weighted by Gasteiger charge is -2.32. The van der Waals surface area contributed by atoms with Crippen LogP contribution < -0.4 is 10.5 Å². The fourth-order valence-corrected chi connectivity index (χ4v) is 3.45. The zero-order chi connectivity index (χ0) is 17.8. The first kappa shape index (κ1) is 16.4. The lowest BCUT2D eigenvalue weighted by molar-refractivity contribution is 0.543. The molecule has 0 N–H and O–H groups in total. The molecule has 26 heavy (non-hydrogen) atoms. The second kappa shape index (κ2) is 7.44. The summed E-state index contributed by atoms with van der Waals surface area (Å²) in [6.45, 7) is 2.60. The Bertz CT molecular complexity index is 959. The van der Waals surface area contributed by atoms with E-state index in [1.807, 2.05) is 59.2 Å².